The highest BCUT2D eigenvalue weighted by atomic mass is 79.9. The second-order valence-electron chi connectivity index (χ2n) is 4.66. The number of benzene rings is 1. The summed E-state index contributed by atoms with van der Waals surface area (Å²) in [7, 11) is -3.50. The zero-order valence-corrected chi connectivity index (χ0v) is 13.0. The van der Waals surface area contributed by atoms with Gasteiger partial charge in [0.2, 0.25) is 10.0 Å². The van der Waals surface area contributed by atoms with Crippen molar-refractivity contribution in [3.8, 4) is 0 Å². The first-order chi connectivity index (χ1) is 8.90. The molecule has 0 amide bonds. The van der Waals surface area contributed by atoms with E-state index >= 15 is 0 Å². The number of hydrogen-bond acceptors (Lipinski definition) is 4. The number of nitrogen functional groups attached to an aromatic ring is 1. The van der Waals surface area contributed by atoms with Gasteiger partial charge in [-0.25, -0.2) is 13.1 Å². The first-order valence-corrected chi connectivity index (χ1v) is 8.34. The molecule has 1 saturated heterocycles. The molecule has 1 fully saturated rings. The highest BCUT2D eigenvalue weighted by Crippen LogP contribution is 2.24. The zero-order chi connectivity index (χ0) is 14.0. The van der Waals surface area contributed by atoms with E-state index in [9.17, 15) is 8.42 Å². The second kappa shape index (κ2) is 5.78. The van der Waals surface area contributed by atoms with Crippen molar-refractivity contribution in [1.29, 1.82) is 0 Å². The number of ether oxygens (including phenoxy) is 1. The number of nitrogens with two attached hydrogens (primary N) is 1. The summed E-state index contributed by atoms with van der Waals surface area (Å²) in [6.45, 7) is 3.05. The Labute approximate surface area is 121 Å². The van der Waals surface area contributed by atoms with Gasteiger partial charge >= 0.3 is 0 Å². The lowest BCUT2D eigenvalue weighted by atomic mass is 10.0. The molecule has 1 aromatic carbocycles. The maximum absolute atomic E-state index is 12.1. The third-order valence-corrected chi connectivity index (χ3v) is 5.46. The number of nitrogens with one attached hydrogen (secondary N) is 1. The van der Waals surface area contributed by atoms with Crippen LogP contribution in [0, 0.1) is 5.92 Å². The minimum Gasteiger partial charge on any atom is -0.398 e. The van der Waals surface area contributed by atoms with Crippen LogP contribution in [0.3, 0.4) is 0 Å². The van der Waals surface area contributed by atoms with Gasteiger partial charge in [-0.3, -0.25) is 0 Å². The summed E-state index contributed by atoms with van der Waals surface area (Å²) < 4.78 is 32.9. The Kier molecular flexibility index (Phi) is 4.50. The third kappa shape index (κ3) is 3.47. The highest BCUT2D eigenvalue weighted by molar-refractivity contribution is 9.10. The zero-order valence-electron chi connectivity index (χ0n) is 10.6. The van der Waals surface area contributed by atoms with Gasteiger partial charge in [-0.15, -0.1) is 0 Å². The predicted octanol–water partition coefficient (Wildman–Crippen LogP) is 1.73. The van der Waals surface area contributed by atoms with Crippen LogP contribution in [0.2, 0.25) is 0 Å². The van der Waals surface area contributed by atoms with Crippen LogP contribution in [0.1, 0.15) is 13.3 Å². The topological polar surface area (TPSA) is 81.4 Å². The average molecular weight is 349 g/mol. The summed E-state index contributed by atoms with van der Waals surface area (Å²) in [5.74, 6) is 0.229. The Bertz CT molecular complexity index is 562. The average Bonchev–Trinajstić information content (AvgIpc) is 2.76. The fourth-order valence-electron chi connectivity index (χ4n) is 2.02. The smallest absolute Gasteiger partial charge is 0.240 e. The van der Waals surface area contributed by atoms with E-state index in [1.807, 2.05) is 6.92 Å². The SMILES string of the molecule is CC1OCCC1CNS(=O)(=O)c1ccc(N)c(Br)c1. The largest absolute Gasteiger partial charge is 0.398 e. The van der Waals surface area contributed by atoms with Crippen molar-refractivity contribution in [2.24, 2.45) is 5.92 Å². The second-order valence-corrected chi connectivity index (χ2v) is 7.28. The number of rotatable bonds is 4. The standard InChI is InChI=1S/C12H17BrN2O3S/c1-8-9(4-5-18-8)7-15-19(16,17)10-2-3-12(14)11(13)6-10/h2-3,6,8-9,15H,4-5,7,14H2,1H3. The molecule has 106 valence electrons. The minimum absolute atomic E-state index is 0.0980. The number of hydrogen-bond donors (Lipinski definition) is 2. The van der Waals surface area contributed by atoms with Gasteiger partial charge in [0, 0.05) is 29.2 Å². The van der Waals surface area contributed by atoms with Crippen LogP contribution in [0.25, 0.3) is 0 Å². The summed E-state index contributed by atoms with van der Waals surface area (Å²) in [5, 5.41) is 0. The molecule has 1 aromatic rings. The molecule has 2 rings (SSSR count). The molecule has 2 unspecified atom stereocenters. The molecular formula is C12H17BrN2O3S. The van der Waals surface area contributed by atoms with Crippen molar-refractivity contribution in [2.45, 2.75) is 24.3 Å². The van der Waals surface area contributed by atoms with Crippen LogP contribution >= 0.6 is 15.9 Å². The van der Waals surface area contributed by atoms with Gasteiger partial charge in [0.05, 0.1) is 11.0 Å². The van der Waals surface area contributed by atoms with Crippen molar-refractivity contribution in [1.82, 2.24) is 4.72 Å². The molecule has 0 spiro atoms. The minimum atomic E-state index is -3.50. The summed E-state index contributed by atoms with van der Waals surface area (Å²) in [6, 6.07) is 4.57. The van der Waals surface area contributed by atoms with E-state index in [2.05, 4.69) is 20.7 Å². The maximum atomic E-state index is 12.1. The molecule has 7 heteroatoms. The van der Waals surface area contributed by atoms with Gasteiger partial charge in [0.15, 0.2) is 0 Å². The van der Waals surface area contributed by atoms with Gasteiger partial charge in [0.1, 0.15) is 0 Å². The molecule has 1 aliphatic heterocycles. The van der Waals surface area contributed by atoms with E-state index in [-0.39, 0.29) is 16.9 Å². The molecule has 2 atom stereocenters. The third-order valence-electron chi connectivity index (χ3n) is 3.35. The van der Waals surface area contributed by atoms with E-state index in [0.717, 1.165) is 6.42 Å². The van der Waals surface area contributed by atoms with Gasteiger partial charge < -0.3 is 10.5 Å². The Balaban J connectivity index is 2.07. The van der Waals surface area contributed by atoms with Gasteiger partial charge in [-0.05, 0) is 47.5 Å². The van der Waals surface area contributed by atoms with Crippen molar-refractivity contribution < 1.29 is 13.2 Å². The number of halogens is 1. The van der Waals surface area contributed by atoms with Gasteiger partial charge in [-0.1, -0.05) is 0 Å². The molecule has 1 aliphatic rings. The Morgan fingerprint density at radius 2 is 2.26 bits per heavy atom. The van der Waals surface area contributed by atoms with E-state index in [1.165, 1.54) is 12.1 Å². The van der Waals surface area contributed by atoms with Crippen molar-refractivity contribution >= 4 is 31.6 Å². The van der Waals surface area contributed by atoms with Crippen LogP contribution in [0.4, 0.5) is 5.69 Å². The quantitative estimate of drug-likeness (QED) is 0.812. The number of anilines is 1. The Morgan fingerprint density at radius 1 is 1.53 bits per heavy atom. The molecule has 0 saturated carbocycles. The first-order valence-electron chi connectivity index (χ1n) is 6.06. The first kappa shape index (κ1) is 14.8. The van der Waals surface area contributed by atoms with Crippen LogP contribution in [-0.2, 0) is 14.8 Å². The van der Waals surface area contributed by atoms with Crippen molar-refractivity contribution in [2.75, 3.05) is 18.9 Å². The molecule has 19 heavy (non-hydrogen) atoms. The van der Waals surface area contributed by atoms with Gasteiger partial charge in [0.25, 0.3) is 0 Å². The molecule has 0 aliphatic carbocycles. The van der Waals surface area contributed by atoms with E-state index in [1.54, 1.807) is 6.07 Å². The number of sulfonamides is 1. The van der Waals surface area contributed by atoms with Crippen molar-refractivity contribution in [3.05, 3.63) is 22.7 Å². The summed E-state index contributed by atoms with van der Waals surface area (Å²) in [5.41, 5.74) is 6.16. The van der Waals surface area contributed by atoms with Crippen molar-refractivity contribution in [3.63, 3.8) is 0 Å². The van der Waals surface area contributed by atoms with Crippen LogP contribution in [0.15, 0.2) is 27.6 Å². The fraction of sp³-hybridized carbons (Fsp3) is 0.500. The summed E-state index contributed by atoms with van der Waals surface area (Å²) >= 11 is 3.23. The van der Waals surface area contributed by atoms with Gasteiger partial charge in [-0.2, -0.15) is 0 Å². The summed E-state index contributed by atoms with van der Waals surface area (Å²) in [6.07, 6.45) is 0.982. The molecule has 0 aromatic heterocycles. The van der Waals surface area contributed by atoms with Crippen LogP contribution < -0.4 is 10.5 Å². The lowest BCUT2D eigenvalue weighted by Gasteiger charge is -2.15. The maximum Gasteiger partial charge on any atom is 0.240 e. The molecule has 1 heterocycles. The molecule has 0 bridgehead atoms. The molecule has 3 N–H and O–H groups in total. The van der Waals surface area contributed by atoms with E-state index in [4.69, 9.17) is 10.5 Å². The lowest BCUT2D eigenvalue weighted by Crippen LogP contribution is -2.32. The Hall–Kier alpha value is -0.630. The fourth-order valence-corrected chi connectivity index (χ4v) is 3.67. The molecule has 0 radical (unpaired) electrons. The van der Waals surface area contributed by atoms with E-state index in [0.29, 0.717) is 23.3 Å². The summed E-state index contributed by atoms with van der Waals surface area (Å²) in [4.78, 5) is 0.208. The van der Waals surface area contributed by atoms with Crippen LogP contribution in [-0.4, -0.2) is 27.7 Å². The van der Waals surface area contributed by atoms with E-state index < -0.39 is 10.0 Å². The monoisotopic (exact) mass is 348 g/mol. The van der Waals surface area contributed by atoms with Crippen LogP contribution in [0.5, 0.6) is 0 Å². The normalized spacial score (nSPS) is 23.7. The molecule has 5 nitrogen and oxygen atoms in total. The Morgan fingerprint density at radius 3 is 2.84 bits per heavy atom. The predicted molar refractivity (Wildman–Crippen MR) is 77.3 cm³/mol. The highest BCUT2D eigenvalue weighted by Gasteiger charge is 2.26. The lowest BCUT2D eigenvalue weighted by molar-refractivity contribution is 0.107. The molecular weight excluding hydrogens is 332 g/mol.